The molecule has 154 valence electrons. The second-order valence-corrected chi connectivity index (χ2v) is 5.58. The van der Waals surface area contributed by atoms with Crippen molar-refractivity contribution in [2.24, 2.45) is 0 Å². The molecule has 0 bridgehead atoms. The topological polar surface area (TPSA) is 85.9 Å². The number of benzene rings is 1. The molecule has 4 N–H and O–H groups in total. The Hall–Kier alpha value is -2.83. The van der Waals surface area contributed by atoms with Gasteiger partial charge >= 0.3 is 0 Å². The third kappa shape index (κ3) is 6.11. The Labute approximate surface area is 166 Å². The zero-order chi connectivity index (χ0) is 20.9. The van der Waals surface area contributed by atoms with Gasteiger partial charge in [-0.2, -0.15) is 9.97 Å². The molecule has 4 rings (SSSR count). The number of halogens is 1. The molecule has 1 saturated carbocycles. The highest BCUT2D eigenvalue weighted by atomic mass is 19.1. The lowest BCUT2D eigenvalue weighted by atomic mass is 9.93. The number of nitrogens with zero attached hydrogens (tertiary/aromatic N) is 2. The van der Waals surface area contributed by atoms with E-state index in [0.29, 0.717) is 19.2 Å². The van der Waals surface area contributed by atoms with Crippen LogP contribution in [0.15, 0.2) is 36.5 Å². The number of aromatic nitrogens is 3. The first-order valence-corrected chi connectivity index (χ1v) is 9.83. The molecule has 0 spiro atoms. The number of H-pyrrole nitrogens is 1. The zero-order valence-electron chi connectivity index (χ0n) is 17.4. The molecule has 1 aromatic carbocycles. The van der Waals surface area contributed by atoms with E-state index in [1.165, 1.54) is 19.3 Å². The SMILES string of the molecule is CC.CC.CF.Oc1ccc(Nc2nc(NC3CCC3)c3cc[nH]c3n2)cc1. The molecule has 0 amide bonds. The quantitative estimate of drug-likeness (QED) is 0.411. The third-order valence-corrected chi connectivity index (χ3v) is 3.99. The molecule has 28 heavy (non-hydrogen) atoms. The lowest BCUT2D eigenvalue weighted by Crippen LogP contribution is -2.27. The second-order valence-electron chi connectivity index (χ2n) is 5.58. The van der Waals surface area contributed by atoms with Gasteiger partial charge in [0.25, 0.3) is 0 Å². The number of anilines is 3. The molecule has 7 heteroatoms. The number of fused-ring (bicyclic) bond motifs is 1. The highest BCUT2D eigenvalue weighted by Gasteiger charge is 2.19. The monoisotopic (exact) mass is 389 g/mol. The van der Waals surface area contributed by atoms with Gasteiger partial charge in [0.1, 0.15) is 17.2 Å². The van der Waals surface area contributed by atoms with Crippen LogP contribution in [0.5, 0.6) is 5.75 Å². The summed E-state index contributed by atoms with van der Waals surface area (Å²) in [6.45, 7) is 8.00. The molecule has 2 aromatic heterocycles. The first kappa shape index (κ1) is 23.2. The molecule has 0 radical (unpaired) electrons. The number of alkyl halides is 1. The molecule has 1 aliphatic rings. The van der Waals surface area contributed by atoms with Crippen molar-refractivity contribution in [2.75, 3.05) is 17.8 Å². The molecule has 2 heterocycles. The maximum absolute atomic E-state index is 9.50. The van der Waals surface area contributed by atoms with Crippen molar-refractivity contribution in [3.05, 3.63) is 36.5 Å². The largest absolute Gasteiger partial charge is 0.508 e. The summed E-state index contributed by atoms with van der Waals surface area (Å²) in [5.74, 6) is 1.62. The molecular formula is C21H32FN5O. The van der Waals surface area contributed by atoms with Crippen LogP contribution < -0.4 is 10.6 Å². The maximum Gasteiger partial charge on any atom is 0.231 e. The number of aromatic hydroxyl groups is 1. The van der Waals surface area contributed by atoms with E-state index in [1.807, 2.05) is 40.0 Å². The van der Waals surface area contributed by atoms with Crippen molar-refractivity contribution in [2.45, 2.75) is 53.0 Å². The standard InChI is InChI=1S/C16H17N5O.2C2H6.CH3F/c22-12-6-4-11(5-7-12)19-16-20-14-13(8-9-17-14)15(21-16)18-10-2-1-3-10;3*1-2/h4-10,22H,1-3H2,(H3,17,18,19,20,21);2*1-2H3;1H3. The van der Waals surface area contributed by atoms with Crippen LogP contribution in [-0.2, 0) is 0 Å². The Morgan fingerprint density at radius 3 is 2.21 bits per heavy atom. The predicted octanol–water partition coefficient (Wildman–Crippen LogP) is 6.01. The number of phenols is 1. The van der Waals surface area contributed by atoms with E-state index in [-0.39, 0.29) is 5.75 Å². The van der Waals surface area contributed by atoms with Crippen molar-refractivity contribution >= 4 is 28.5 Å². The molecule has 0 aliphatic heterocycles. The average molecular weight is 390 g/mol. The minimum atomic E-state index is 0.235. The predicted molar refractivity (Wildman–Crippen MR) is 116 cm³/mol. The molecule has 0 saturated heterocycles. The lowest BCUT2D eigenvalue weighted by molar-refractivity contribution is 0.445. The third-order valence-electron chi connectivity index (χ3n) is 3.99. The number of rotatable bonds is 4. The van der Waals surface area contributed by atoms with E-state index in [2.05, 4.69) is 25.6 Å². The van der Waals surface area contributed by atoms with E-state index in [4.69, 9.17) is 0 Å². The first-order valence-electron chi connectivity index (χ1n) is 9.83. The Bertz CT molecular complexity index is 800. The smallest absolute Gasteiger partial charge is 0.231 e. The van der Waals surface area contributed by atoms with Gasteiger partial charge in [-0.1, -0.05) is 27.7 Å². The Balaban J connectivity index is 0.000000599. The summed E-state index contributed by atoms with van der Waals surface area (Å²) in [6.07, 6.45) is 5.53. The van der Waals surface area contributed by atoms with Gasteiger partial charge in [0, 0.05) is 17.9 Å². The zero-order valence-corrected chi connectivity index (χ0v) is 17.4. The summed E-state index contributed by atoms with van der Waals surface area (Å²) in [5, 5.41) is 17.0. The summed E-state index contributed by atoms with van der Waals surface area (Å²) < 4.78 is 9.50. The number of phenolic OH excluding ortho intramolecular Hbond substituents is 1. The molecule has 1 fully saturated rings. The van der Waals surface area contributed by atoms with E-state index in [9.17, 15) is 9.50 Å². The second kappa shape index (κ2) is 12.5. The molecule has 1 aliphatic carbocycles. The summed E-state index contributed by atoms with van der Waals surface area (Å²) in [5.41, 5.74) is 1.64. The first-order chi connectivity index (χ1) is 13.8. The molecule has 6 nitrogen and oxygen atoms in total. The van der Waals surface area contributed by atoms with Gasteiger partial charge < -0.3 is 20.7 Å². The van der Waals surface area contributed by atoms with Gasteiger partial charge in [-0.25, -0.2) is 0 Å². The fraction of sp³-hybridized carbons (Fsp3) is 0.429. The number of nitrogens with one attached hydrogen (secondary N) is 3. The Kier molecular flexibility index (Phi) is 10.4. The highest BCUT2D eigenvalue weighted by Crippen LogP contribution is 2.28. The minimum absolute atomic E-state index is 0.235. The van der Waals surface area contributed by atoms with Crippen LogP contribution >= 0.6 is 0 Å². The molecule has 3 aromatic rings. The maximum atomic E-state index is 9.50. The highest BCUT2D eigenvalue weighted by molar-refractivity contribution is 5.88. The van der Waals surface area contributed by atoms with E-state index in [1.54, 1.807) is 24.3 Å². The fourth-order valence-corrected chi connectivity index (χ4v) is 2.53. The van der Waals surface area contributed by atoms with Crippen LogP contribution in [-0.4, -0.2) is 33.3 Å². The summed E-state index contributed by atoms with van der Waals surface area (Å²) in [4.78, 5) is 12.2. The van der Waals surface area contributed by atoms with Gasteiger partial charge in [-0.05, 0) is 49.6 Å². The van der Waals surface area contributed by atoms with E-state index >= 15 is 0 Å². The summed E-state index contributed by atoms with van der Waals surface area (Å²) in [7, 11) is 0.500. The summed E-state index contributed by atoms with van der Waals surface area (Å²) in [6, 6.07) is 9.33. The van der Waals surface area contributed by atoms with Crippen LogP contribution in [0, 0.1) is 0 Å². The average Bonchev–Trinajstić information content (AvgIpc) is 3.20. The van der Waals surface area contributed by atoms with Gasteiger partial charge in [0.05, 0.1) is 12.6 Å². The normalized spacial score (nSPS) is 12.2. The van der Waals surface area contributed by atoms with Crippen molar-refractivity contribution in [1.29, 1.82) is 0 Å². The fourth-order valence-electron chi connectivity index (χ4n) is 2.53. The van der Waals surface area contributed by atoms with E-state index < -0.39 is 0 Å². The van der Waals surface area contributed by atoms with Crippen LogP contribution in [0.3, 0.4) is 0 Å². The number of hydrogen-bond acceptors (Lipinski definition) is 5. The van der Waals surface area contributed by atoms with Crippen molar-refractivity contribution in [3.8, 4) is 5.75 Å². The van der Waals surface area contributed by atoms with Gasteiger partial charge in [0.2, 0.25) is 5.95 Å². The molecular weight excluding hydrogens is 357 g/mol. The minimum Gasteiger partial charge on any atom is -0.508 e. The van der Waals surface area contributed by atoms with Crippen LogP contribution in [0.4, 0.5) is 21.8 Å². The number of hydrogen-bond donors (Lipinski definition) is 4. The Morgan fingerprint density at radius 1 is 1.00 bits per heavy atom. The summed E-state index contributed by atoms with van der Waals surface area (Å²) >= 11 is 0. The number of aromatic amines is 1. The van der Waals surface area contributed by atoms with Crippen molar-refractivity contribution in [3.63, 3.8) is 0 Å². The molecule has 0 unspecified atom stereocenters. The van der Waals surface area contributed by atoms with Gasteiger partial charge in [-0.15, -0.1) is 0 Å². The molecule has 0 atom stereocenters. The Morgan fingerprint density at radius 2 is 1.64 bits per heavy atom. The van der Waals surface area contributed by atoms with Crippen LogP contribution in [0.1, 0.15) is 47.0 Å². The van der Waals surface area contributed by atoms with Crippen molar-refractivity contribution in [1.82, 2.24) is 15.0 Å². The van der Waals surface area contributed by atoms with Gasteiger partial charge in [-0.3, -0.25) is 4.39 Å². The van der Waals surface area contributed by atoms with E-state index in [0.717, 1.165) is 22.5 Å². The van der Waals surface area contributed by atoms with Crippen molar-refractivity contribution < 1.29 is 9.50 Å². The van der Waals surface area contributed by atoms with Gasteiger partial charge in [0.15, 0.2) is 0 Å². The lowest BCUT2D eigenvalue weighted by Gasteiger charge is -2.27. The van der Waals surface area contributed by atoms with Crippen LogP contribution in [0.25, 0.3) is 11.0 Å². The van der Waals surface area contributed by atoms with Crippen LogP contribution in [0.2, 0.25) is 0 Å².